The second kappa shape index (κ2) is 5.67. The van der Waals surface area contributed by atoms with E-state index in [1.165, 1.54) is 6.92 Å². The second-order valence-corrected chi connectivity index (χ2v) is 5.63. The lowest BCUT2D eigenvalue weighted by Gasteiger charge is -2.33. The largest absolute Gasteiger partial charge is 0.445 e. The van der Waals surface area contributed by atoms with Crippen LogP contribution in [0.5, 0.6) is 0 Å². The van der Waals surface area contributed by atoms with Crippen LogP contribution in [0.1, 0.15) is 22.8 Å². The molecule has 4 nitrogen and oxygen atoms in total. The highest BCUT2D eigenvalue weighted by Gasteiger charge is 2.42. The summed E-state index contributed by atoms with van der Waals surface area (Å²) < 4.78 is 45.1. The molecule has 24 heavy (non-hydrogen) atoms. The van der Waals surface area contributed by atoms with Gasteiger partial charge in [0.2, 0.25) is 0 Å². The summed E-state index contributed by atoms with van der Waals surface area (Å²) in [6.07, 6.45) is 0.0754. The van der Waals surface area contributed by atoms with E-state index in [1.54, 1.807) is 24.3 Å². The fourth-order valence-electron chi connectivity index (χ4n) is 2.54. The van der Waals surface area contributed by atoms with Crippen LogP contribution < -0.4 is 5.32 Å². The molecule has 124 valence electrons. The maximum absolute atomic E-state index is 13.7. The van der Waals surface area contributed by atoms with Gasteiger partial charge in [0.25, 0.3) is 5.91 Å². The van der Waals surface area contributed by atoms with Gasteiger partial charge in [0.15, 0.2) is 23.1 Å². The Hall–Kier alpha value is -2.83. The van der Waals surface area contributed by atoms with Crippen LogP contribution >= 0.6 is 0 Å². The average Bonchev–Trinajstić information content (AvgIpc) is 2.55. The van der Waals surface area contributed by atoms with Crippen LogP contribution in [-0.2, 0) is 16.0 Å². The lowest BCUT2D eigenvalue weighted by atomic mass is 9.89. The highest BCUT2D eigenvalue weighted by Crippen LogP contribution is 2.30. The summed E-state index contributed by atoms with van der Waals surface area (Å²) in [6, 6.07) is 8.22. The molecule has 1 aliphatic heterocycles. The Kier molecular flexibility index (Phi) is 3.79. The van der Waals surface area contributed by atoms with Crippen molar-refractivity contribution in [2.45, 2.75) is 18.9 Å². The molecule has 0 aliphatic carbocycles. The first-order valence-corrected chi connectivity index (χ1v) is 7.08. The molecule has 0 saturated heterocycles. The van der Waals surface area contributed by atoms with E-state index in [2.05, 4.69) is 5.32 Å². The number of hydrogen-bond donors (Lipinski definition) is 1. The van der Waals surface area contributed by atoms with Crippen molar-refractivity contribution < 1.29 is 27.5 Å². The summed E-state index contributed by atoms with van der Waals surface area (Å²) in [6.45, 7) is 1.37. The topological polar surface area (TPSA) is 55.4 Å². The molecule has 0 fully saturated rings. The number of amides is 1. The third-order valence-corrected chi connectivity index (χ3v) is 3.85. The number of esters is 1. The maximum Gasteiger partial charge on any atom is 0.339 e. The molecule has 0 bridgehead atoms. The van der Waals surface area contributed by atoms with E-state index >= 15 is 0 Å². The molecule has 1 amide bonds. The third kappa shape index (κ3) is 2.62. The molecule has 1 aliphatic rings. The lowest BCUT2D eigenvalue weighted by Crippen LogP contribution is -2.49. The molecular formula is C17H12F3NO3. The number of fused-ring (bicyclic) bond motifs is 1. The van der Waals surface area contributed by atoms with Gasteiger partial charge in [-0.1, -0.05) is 18.2 Å². The van der Waals surface area contributed by atoms with E-state index in [0.717, 1.165) is 6.07 Å². The summed E-state index contributed by atoms with van der Waals surface area (Å²) in [5.74, 6) is -6.09. The molecule has 3 rings (SSSR count). The third-order valence-electron chi connectivity index (χ3n) is 3.85. The Morgan fingerprint density at radius 1 is 1.12 bits per heavy atom. The van der Waals surface area contributed by atoms with Crippen molar-refractivity contribution in [2.75, 3.05) is 5.32 Å². The summed E-state index contributed by atoms with van der Waals surface area (Å²) in [5, 5.41) is 2.14. The number of hydrogen-bond acceptors (Lipinski definition) is 3. The smallest absolute Gasteiger partial charge is 0.339 e. The van der Waals surface area contributed by atoms with E-state index in [4.69, 9.17) is 4.74 Å². The zero-order valence-corrected chi connectivity index (χ0v) is 12.5. The van der Waals surface area contributed by atoms with Gasteiger partial charge in [0.1, 0.15) is 0 Å². The number of nitrogens with one attached hydrogen (secondary N) is 1. The SMILES string of the molecule is CC1(C(=O)Nc2ccc(F)c(F)c2F)Cc2ccccc2C(=O)O1. The van der Waals surface area contributed by atoms with Crippen LogP contribution in [0.3, 0.4) is 0 Å². The van der Waals surface area contributed by atoms with Gasteiger partial charge in [0, 0.05) is 6.42 Å². The summed E-state index contributed by atoms with van der Waals surface area (Å²) in [5.41, 5.74) is -1.17. The van der Waals surface area contributed by atoms with Crippen LogP contribution in [0.15, 0.2) is 36.4 Å². The normalized spacial score (nSPS) is 19.4. The predicted molar refractivity (Wildman–Crippen MR) is 78.9 cm³/mol. The summed E-state index contributed by atoms with van der Waals surface area (Å²) >= 11 is 0. The Bertz CT molecular complexity index is 853. The van der Waals surface area contributed by atoms with Gasteiger partial charge >= 0.3 is 5.97 Å². The Morgan fingerprint density at radius 2 is 1.83 bits per heavy atom. The summed E-state index contributed by atoms with van der Waals surface area (Å²) in [4.78, 5) is 24.5. The van der Waals surface area contributed by atoms with E-state index in [0.29, 0.717) is 17.2 Å². The monoisotopic (exact) mass is 335 g/mol. The van der Waals surface area contributed by atoms with E-state index in [-0.39, 0.29) is 6.42 Å². The number of carbonyl (C=O) groups excluding carboxylic acids is 2. The molecule has 0 spiro atoms. The van der Waals surface area contributed by atoms with Gasteiger partial charge in [-0.25, -0.2) is 18.0 Å². The van der Waals surface area contributed by atoms with Crippen LogP contribution in [0, 0.1) is 17.5 Å². The highest BCUT2D eigenvalue weighted by atomic mass is 19.2. The van der Waals surface area contributed by atoms with E-state index < -0.39 is 40.6 Å². The predicted octanol–water partition coefficient (Wildman–Crippen LogP) is 3.21. The molecule has 0 radical (unpaired) electrons. The van der Waals surface area contributed by atoms with Crippen molar-refractivity contribution in [2.24, 2.45) is 0 Å². The molecule has 1 heterocycles. The zero-order chi connectivity index (χ0) is 17.5. The molecular weight excluding hydrogens is 323 g/mol. The molecule has 2 aromatic rings. The standard InChI is InChI=1S/C17H12F3NO3/c1-17(8-9-4-2-3-5-10(9)15(22)24-17)16(23)21-12-7-6-11(18)13(19)14(12)20/h2-7H,8H2,1H3,(H,21,23). The van der Waals surface area contributed by atoms with Gasteiger partial charge in [-0.05, 0) is 30.7 Å². The van der Waals surface area contributed by atoms with Gasteiger partial charge in [-0.15, -0.1) is 0 Å². The first kappa shape index (κ1) is 16.0. The van der Waals surface area contributed by atoms with Crippen LogP contribution in [0.2, 0.25) is 0 Å². The number of anilines is 1. The van der Waals surface area contributed by atoms with Crippen molar-refractivity contribution in [1.82, 2.24) is 0 Å². The zero-order valence-electron chi connectivity index (χ0n) is 12.5. The highest BCUT2D eigenvalue weighted by molar-refractivity contribution is 6.02. The van der Waals surface area contributed by atoms with Crippen LogP contribution in [-0.4, -0.2) is 17.5 Å². The second-order valence-electron chi connectivity index (χ2n) is 5.63. The first-order chi connectivity index (χ1) is 11.3. The molecule has 1 atom stereocenters. The van der Waals surface area contributed by atoms with Crippen molar-refractivity contribution in [3.8, 4) is 0 Å². The minimum atomic E-state index is -1.69. The average molecular weight is 335 g/mol. The Balaban J connectivity index is 1.88. The fourth-order valence-corrected chi connectivity index (χ4v) is 2.54. The number of rotatable bonds is 2. The molecule has 2 aromatic carbocycles. The number of benzene rings is 2. The molecule has 7 heteroatoms. The molecule has 1 unspecified atom stereocenters. The number of carbonyl (C=O) groups is 2. The van der Waals surface area contributed by atoms with Gasteiger partial charge < -0.3 is 10.1 Å². The molecule has 0 aromatic heterocycles. The van der Waals surface area contributed by atoms with Gasteiger partial charge in [0.05, 0.1) is 11.3 Å². The van der Waals surface area contributed by atoms with Crippen LogP contribution in [0.25, 0.3) is 0 Å². The first-order valence-electron chi connectivity index (χ1n) is 7.08. The minimum Gasteiger partial charge on any atom is -0.445 e. The van der Waals surface area contributed by atoms with E-state index in [9.17, 15) is 22.8 Å². The minimum absolute atomic E-state index is 0.0754. The number of halogens is 3. The van der Waals surface area contributed by atoms with Crippen molar-refractivity contribution >= 4 is 17.6 Å². The van der Waals surface area contributed by atoms with Crippen molar-refractivity contribution in [3.05, 3.63) is 65.0 Å². The maximum atomic E-state index is 13.7. The Morgan fingerprint density at radius 3 is 2.58 bits per heavy atom. The molecule has 0 saturated carbocycles. The van der Waals surface area contributed by atoms with Crippen molar-refractivity contribution in [3.63, 3.8) is 0 Å². The quantitative estimate of drug-likeness (QED) is 0.677. The Labute approximate surface area is 135 Å². The van der Waals surface area contributed by atoms with E-state index in [1.807, 2.05) is 0 Å². The fraction of sp³-hybridized carbons (Fsp3) is 0.176. The lowest BCUT2D eigenvalue weighted by molar-refractivity contribution is -0.134. The molecule has 1 N–H and O–H groups in total. The van der Waals surface area contributed by atoms with Crippen LogP contribution in [0.4, 0.5) is 18.9 Å². The van der Waals surface area contributed by atoms with Gasteiger partial charge in [-0.3, -0.25) is 4.79 Å². The number of ether oxygens (including phenoxy) is 1. The van der Waals surface area contributed by atoms with Gasteiger partial charge in [-0.2, -0.15) is 0 Å². The van der Waals surface area contributed by atoms with Crippen molar-refractivity contribution in [1.29, 1.82) is 0 Å². The summed E-state index contributed by atoms with van der Waals surface area (Å²) in [7, 11) is 0. The number of cyclic esters (lactones) is 1.